The summed E-state index contributed by atoms with van der Waals surface area (Å²) in [6.07, 6.45) is 0.934. The summed E-state index contributed by atoms with van der Waals surface area (Å²) in [5, 5.41) is 8.83. The lowest BCUT2D eigenvalue weighted by atomic mass is 10.1. The molecule has 0 aromatic rings. The summed E-state index contributed by atoms with van der Waals surface area (Å²) in [6.45, 7) is 0. The smallest absolute Gasteiger partial charge is 0.342 e. The molecule has 0 aromatic heterocycles. The highest BCUT2D eigenvalue weighted by Gasteiger charge is 2.54. The van der Waals surface area contributed by atoms with Gasteiger partial charge in [-0.15, -0.1) is 0 Å². The monoisotopic (exact) mass is 227 g/mol. The van der Waals surface area contributed by atoms with E-state index in [2.05, 4.69) is 4.74 Å². The van der Waals surface area contributed by atoms with Gasteiger partial charge in [0.25, 0.3) is 0 Å². The molecule has 2 aliphatic heterocycles. The summed E-state index contributed by atoms with van der Waals surface area (Å²) >= 11 is 0. The second-order valence-electron chi connectivity index (χ2n) is 3.40. The predicted molar refractivity (Wildman–Crippen MR) is 47.9 cm³/mol. The van der Waals surface area contributed by atoms with Gasteiger partial charge in [0.1, 0.15) is 0 Å². The molecule has 0 aliphatic carbocycles. The number of aliphatic carboxylic acids is 1. The number of nitrogens with zero attached hydrogens (tertiary/aromatic N) is 1. The zero-order valence-electron chi connectivity index (χ0n) is 8.37. The van der Waals surface area contributed by atoms with Crippen molar-refractivity contribution in [1.29, 1.82) is 0 Å². The van der Waals surface area contributed by atoms with Crippen molar-refractivity contribution in [2.24, 2.45) is 0 Å². The predicted octanol–water partition coefficient (Wildman–Crippen LogP) is -0.915. The highest BCUT2D eigenvalue weighted by molar-refractivity contribution is 6.00. The normalized spacial score (nSPS) is 29.4. The van der Waals surface area contributed by atoms with Crippen LogP contribution in [0.5, 0.6) is 0 Å². The molecule has 2 rings (SSSR count). The third-order valence-corrected chi connectivity index (χ3v) is 2.50. The molecule has 2 heterocycles. The van der Waals surface area contributed by atoms with Crippen molar-refractivity contribution in [3.63, 3.8) is 0 Å². The first kappa shape index (κ1) is 10.5. The van der Waals surface area contributed by atoms with E-state index >= 15 is 0 Å². The maximum Gasteiger partial charge on any atom is 0.342 e. The molecule has 0 radical (unpaired) electrons. The molecule has 0 aromatic carbocycles. The second-order valence-corrected chi connectivity index (χ2v) is 3.40. The summed E-state index contributed by atoms with van der Waals surface area (Å²) in [5.41, 5.74) is 0.440. The van der Waals surface area contributed by atoms with E-state index in [1.807, 2.05) is 0 Å². The summed E-state index contributed by atoms with van der Waals surface area (Å²) in [7, 11) is 1.22. The number of carbonyl (C=O) groups is 3. The van der Waals surface area contributed by atoms with Crippen LogP contribution in [0.15, 0.2) is 11.8 Å². The molecule has 0 saturated carbocycles. The Balaban J connectivity index is 2.19. The first-order valence-corrected chi connectivity index (χ1v) is 4.54. The minimum absolute atomic E-state index is 0.338. The van der Waals surface area contributed by atoms with Gasteiger partial charge in [-0.2, -0.15) is 0 Å². The average Bonchev–Trinajstić information content (AvgIpc) is 2.47. The molecule has 0 unspecified atom stereocenters. The van der Waals surface area contributed by atoms with Crippen molar-refractivity contribution in [3.8, 4) is 0 Å². The average molecular weight is 227 g/mol. The minimum Gasteiger partial charge on any atom is -0.479 e. The summed E-state index contributed by atoms with van der Waals surface area (Å²) in [5.74, 6) is -2.68. The Labute approximate surface area is 90.2 Å². The van der Waals surface area contributed by atoms with Crippen LogP contribution in [0, 0.1) is 0 Å². The Bertz CT molecular complexity index is 401. The zero-order chi connectivity index (χ0) is 11.9. The molecule has 16 heavy (non-hydrogen) atoms. The van der Waals surface area contributed by atoms with E-state index in [1.165, 1.54) is 12.0 Å². The Morgan fingerprint density at radius 1 is 1.62 bits per heavy atom. The third-order valence-electron chi connectivity index (χ3n) is 2.50. The van der Waals surface area contributed by atoms with E-state index in [0.717, 1.165) is 6.08 Å². The number of carbonyl (C=O) groups excluding carboxylic acids is 2. The van der Waals surface area contributed by atoms with Gasteiger partial charge in [-0.05, 0) is 0 Å². The van der Waals surface area contributed by atoms with Crippen LogP contribution in [0.2, 0.25) is 0 Å². The summed E-state index contributed by atoms with van der Waals surface area (Å²) in [6, 6.07) is -1.35. The van der Waals surface area contributed by atoms with Crippen molar-refractivity contribution < 1.29 is 29.0 Å². The van der Waals surface area contributed by atoms with Crippen LogP contribution in [0.1, 0.15) is 6.42 Å². The van der Waals surface area contributed by atoms with Crippen molar-refractivity contribution in [2.75, 3.05) is 7.11 Å². The molecular formula is C9H9NO6. The molecule has 2 atom stereocenters. The van der Waals surface area contributed by atoms with E-state index in [9.17, 15) is 14.4 Å². The van der Waals surface area contributed by atoms with E-state index < -0.39 is 30.2 Å². The molecule has 0 bridgehead atoms. The van der Waals surface area contributed by atoms with E-state index in [1.54, 1.807) is 0 Å². The number of carboxylic acids is 1. The number of fused-ring (bicyclic) bond motifs is 1. The third kappa shape index (κ3) is 1.40. The Kier molecular flexibility index (Phi) is 2.30. The molecule has 2 aliphatic rings. The molecule has 0 spiro atoms. The first-order chi connectivity index (χ1) is 7.54. The molecular weight excluding hydrogens is 218 g/mol. The number of methoxy groups -OCH3 is 1. The molecule has 7 nitrogen and oxygen atoms in total. The molecule has 0 amide bonds. The Morgan fingerprint density at radius 3 is 2.88 bits per heavy atom. The van der Waals surface area contributed by atoms with Crippen molar-refractivity contribution in [2.45, 2.75) is 18.7 Å². The lowest BCUT2D eigenvalue weighted by Gasteiger charge is -2.38. The number of esters is 2. The number of carboxylic acid groups (broad SMARTS) is 1. The lowest BCUT2D eigenvalue weighted by molar-refractivity contribution is -0.149. The van der Waals surface area contributed by atoms with E-state index in [-0.39, 0.29) is 0 Å². The van der Waals surface area contributed by atoms with Gasteiger partial charge < -0.3 is 19.5 Å². The topological polar surface area (TPSA) is 93.1 Å². The van der Waals surface area contributed by atoms with Crippen molar-refractivity contribution in [3.05, 3.63) is 11.8 Å². The maximum atomic E-state index is 11.2. The van der Waals surface area contributed by atoms with Crippen molar-refractivity contribution >= 4 is 17.9 Å². The van der Waals surface area contributed by atoms with Gasteiger partial charge in [-0.3, -0.25) is 0 Å². The zero-order valence-corrected chi connectivity index (χ0v) is 8.37. The fraction of sp³-hybridized carbons (Fsp3) is 0.444. The molecule has 86 valence electrons. The van der Waals surface area contributed by atoms with Gasteiger partial charge >= 0.3 is 17.9 Å². The largest absolute Gasteiger partial charge is 0.479 e. The fourth-order valence-corrected chi connectivity index (χ4v) is 1.75. The standard InChI is InChI=1S/C9H9NO6/c1-15-6(11)3-4-2-5-10(4)7(8(12)13)9(14)16-5/h3,5,7H,2H2,1H3,(H,12,13)/b4-3+/t5-,7+/m1/s1. The van der Waals surface area contributed by atoms with Crippen LogP contribution in [-0.4, -0.2) is 47.3 Å². The Hall–Kier alpha value is -2.05. The maximum absolute atomic E-state index is 11.2. The van der Waals surface area contributed by atoms with Gasteiger partial charge in [0, 0.05) is 18.2 Å². The van der Waals surface area contributed by atoms with Gasteiger partial charge in [0.15, 0.2) is 6.23 Å². The molecule has 1 N–H and O–H groups in total. The van der Waals surface area contributed by atoms with Gasteiger partial charge in [0.05, 0.1) is 7.11 Å². The number of hydrogen-bond acceptors (Lipinski definition) is 6. The minimum atomic E-state index is -1.35. The van der Waals surface area contributed by atoms with Crippen LogP contribution < -0.4 is 0 Å². The summed E-state index contributed by atoms with van der Waals surface area (Å²) < 4.78 is 9.21. The SMILES string of the molecule is COC(=O)/C=C1\C[C@H]2OC(=O)[C@H](C(=O)O)N12. The van der Waals surface area contributed by atoms with Gasteiger partial charge in [-0.1, -0.05) is 0 Å². The van der Waals surface area contributed by atoms with Crippen LogP contribution in [0.4, 0.5) is 0 Å². The van der Waals surface area contributed by atoms with Crippen LogP contribution in [-0.2, 0) is 23.9 Å². The van der Waals surface area contributed by atoms with E-state index in [0.29, 0.717) is 12.1 Å². The highest BCUT2D eigenvalue weighted by Crippen LogP contribution is 2.38. The van der Waals surface area contributed by atoms with E-state index in [4.69, 9.17) is 9.84 Å². The fourth-order valence-electron chi connectivity index (χ4n) is 1.75. The lowest BCUT2D eigenvalue weighted by Crippen LogP contribution is -2.49. The number of hydrogen-bond donors (Lipinski definition) is 1. The van der Waals surface area contributed by atoms with Crippen LogP contribution in [0.25, 0.3) is 0 Å². The van der Waals surface area contributed by atoms with Crippen molar-refractivity contribution in [1.82, 2.24) is 4.90 Å². The number of rotatable bonds is 2. The molecule has 2 saturated heterocycles. The van der Waals surface area contributed by atoms with Crippen LogP contribution in [0.3, 0.4) is 0 Å². The van der Waals surface area contributed by atoms with Crippen LogP contribution >= 0.6 is 0 Å². The van der Waals surface area contributed by atoms with Gasteiger partial charge in [-0.25, -0.2) is 14.4 Å². The summed E-state index contributed by atoms with van der Waals surface area (Å²) in [4.78, 5) is 34.2. The highest BCUT2D eigenvalue weighted by atomic mass is 16.6. The first-order valence-electron chi connectivity index (χ1n) is 4.54. The second kappa shape index (κ2) is 3.51. The Morgan fingerprint density at radius 2 is 2.31 bits per heavy atom. The molecule has 2 fully saturated rings. The van der Waals surface area contributed by atoms with Gasteiger partial charge in [0.2, 0.25) is 6.04 Å². The molecule has 7 heteroatoms. The quantitative estimate of drug-likeness (QED) is 0.370. The number of ether oxygens (including phenoxy) is 2.